The molecular formula is C19H28N2O4S. The molecule has 7 heteroatoms. The number of ether oxygens (including phenoxy) is 3. The third-order valence-electron chi connectivity index (χ3n) is 5.53. The van der Waals surface area contributed by atoms with E-state index in [0.29, 0.717) is 19.1 Å². The molecule has 0 aliphatic carbocycles. The molecule has 1 atom stereocenters. The van der Waals surface area contributed by atoms with Crippen molar-refractivity contribution in [3.05, 3.63) is 17.0 Å². The molecule has 0 radical (unpaired) electrons. The number of morpholine rings is 1. The Morgan fingerprint density at radius 1 is 1.19 bits per heavy atom. The fourth-order valence-electron chi connectivity index (χ4n) is 4.10. The summed E-state index contributed by atoms with van der Waals surface area (Å²) in [7, 11) is 0. The Hall–Kier alpha value is -0.990. The molecule has 3 aliphatic rings. The van der Waals surface area contributed by atoms with Gasteiger partial charge in [0, 0.05) is 37.7 Å². The third-order valence-corrected chi connectivity index (χ3v) is 6.55. The first-order chi connectivity index (χ1) is 12.6. The van der Waals surface area contributed by atoms with Crippen molar-refractivity contribution in [2.24, 2.45) is 5.92 Å². The maximum atomic E-state index is 12.5. The lowest BCUT2D eigenvalue weighted by Crippen LogP contribution is -2.61. The predicted molar refractivity (Wildman–Crippen MR) is 101 cm³/mol. The van der Waals surface area contributed by atoms with Gasteiger partial charge in [0.1, 0.15) is 12.2 Å². The van der Waals surface area contributed by atoms with Gasteiger partial charge in [0.25, 0.3) is 5.91 Å². The molecule has 3 fully saturated rings. The smallest absolute Gasteiger partial charge is 0.253 e. The Balaban J connectivity index is 1.47. The largest absolute Gasteiger partial charge is 0.381 e. The highest BCUT2D eigenvalue weighted by Gasteiger charge is 2.43. The summed E-state index contributed by atoms with van der Waals surface area (Å²) in [6, 6.07) is 4.10. The molecule has 144 valence electrons. The maximum Gasteiger partial charge on any atom is 0.253 e. The van der Waals surface area contributed by atoms with E-state index in [1.165, 1.54) is 4.88 Å². The second kappa shape index (κ2) is 7.94. The van der Waals surface area contributed by atoms with Crippen molar-refractivity contribution in [2.45, 2.75) is 25.4 Å². The van der Waals surface area contributed by atoms with Gasteiger partial charge in [0.2, 0.25) is 0 Å². The molecule has 0 bridgehead atoms. The van der Waals surface area contributed by atoms with Crippen LogP contribution >= 0.6 is 11.3 Å². The molecule has 0 unspecified atom stereocenters. The first-order valence-electron chi connectivity index (χ1n) is 9.52. The van der Waals surface area contributed by atoms with Gasteiger partial charge in [-0.3, -0.25) is 14.6 Å². The van der Waals surface area contributed by atoms with Crippen LogP contribution in [0.1, 0.15) is 17.7 Å². The van der Waals surface area contributed by atoms with Gasteiger partial charge in [-0.2, -0.15) is 0 Å². The van der Waals surface area contributed by atoms with Crippen LogP contribution < -0.4 is 4.90 Å². The van der Waals surface area contributed by atoms with Gasteiger partial charge in [-0.25, -0.2) is 0 Å². The van der Waals surface area contributed by atoms with Crippen LogP contribution in [0.4, 0.5) is 5.00 Å². The molecule has 4 rings (SSSR count). The summed E-state index contributed by atoms with van der Waals surface area (Å²) in [6.45, 7) is 8.58. The monoisotopic (exact) mass is 380 g/mol. The summed E-state index contributed by atoms with van der Waals surface area (Å²) in [5, 5.41) is 1.01. The molecule has 4 heterocycles. The van der Waals surface area contributed by atoms with Gasteiger partial charge < -0.3 is 14.2 Å². The molecule has 3 saturated heterocycles. The van der Waals surface area contributed by atoms with Gasteiger partial charge in [-0.05, 0) is 37.8 Å². The van der Waals surface area contributed by atoms with Crippen molar-refractivity contribution in [3.63, 3.8) is 0 Å². The second-order valence-electron chi connectivity index (χ2n) is 7.68. The summed E-state index contributed by atoms with van der Waals surface area (Å²) in [4.78, 5) is 18.0. The summed E-state index contributed by atoms with van der Waals surface area (Å²) < 4.78 is 17.5. The van der Waals surface area contributed by atoms with E-state index in [1.54, 1.807) is 11.3 Å². The number of nitrogens with zero attached hydrogens (tertiary/aromatic N) is 2. The molecule has 6 nitrogen and oxygen atoms in total. The van der Waals surface area contributed by atoms with E-state index in [2.05, 4.69) is 17.9 Å². The number of hydrogen-bond donors (Lipinski definition) is 0. The minimum Gasteiger partial charge on any atom is -0.381 e. The average molecular weight is 381 g/mol. The average Bonchev–Trinajstić information content (AvgIpc) is 2.98. The first kappa shape index (κ1) is 18.4. The van der Waals surface area contributed by atoms with Crippen molar-refractivity contribution in [1.82, 2.24) is 4.90 Å². The Bertz CT molecular complexity index is 631. The van der Waals surface area contributed by atoms with E-state index in [1.807, 2.05) is 11.0 Å². The fraction of sp³-hybridized carbons (Fsp3) is 0.737. The summed E-state index contributed by atoms with van der Waals surface area (Å²) >= 11 is 1.66. The predicted octanol–water partition coefficient (Wildman–Crippen LogP) is 1.92. The Kier molecular flexibility index (Phi) is 5.61. The van der Waals surface area contributed by atoms with Gasteiger partial charge in [0.05, 0.1) is 24.8 Å². The van der Waals surface area contributed by atoms with E-state index in [0.717, 1.165) is 57.3 Å². The highest BCUT2D eigenvalue weighted by molar-refractivity contribution is 7.16. The van der Waals surface area contributed by atoms with Crippen molar-refractivity contribution in [3.8, 4) is 0 Å². The zero-order valence-electron chi connectivity index (χ0n) is 15.4. The molecule has 0 N–H and O–H groups in total. The van der Waals surface area contributed by atoms with Crippen LogP contribution in [-0.4, -0.2) is 75.6 Å². The fourth-order valence-corrected chi connectivity index (χ4v) is 4.98. The highest BCUT2D eigenvalue weighted by atomic mass is 32.1. The van der Waals surface area contributed by atoms with Gasteiger partial charge >= 0.3 is 0 Å². The lowest BCUT2D eigenvalue weighted by molar-refractivity contribution is -0.146. The van der Waals surface area contributed by atoms with Gasteiger partial charge in [0.15, 0.2) is 0 Å². The Labute approximate surface area is 159 Å². The molecule has 3 aliphatic heterocycles. The number of anilines is 1. The van der Waals surface area contributed by atoms with E-state index in [-0.39, 0.29) is 12.5 Å². The van der Waals surface area contributed by atoms with Crippen LogP contribution in [-0.2, 0) is 19.0 Å². The molecule has 0 saturated carbocycles. The van der Waals surface area contributed by atoms with Crippen LogP contribution in [0.15, 0.2) is 12.1 Å². The van der Waals surface area contributed by atoms with E-state index < -0.39 is 5.60 Å². The Morgan fingerprint density at radius 3 is 2.81 bits per heavy atom. The van der Waals surface area contributed by atoms with Gasteiger partial charge in [-0.1, -0.05) is 0 Å². The molecule has 0 aromatic carbocycles. The van der Waals surface area contributed by atoms with E-state index in [4.69, 9.17) is 14.2 Å². The summed E-state index contributed by atoms with van der Waals surface area (Å²) in [5.41, 5.74) is -0.437. The van der Waals surface area contributed by atoms with Crippen molar-refractivity contribution in [1.29, 1.82) is 0 Å². The van der Waals surface area contributed by atoms with Crippen molar-refractivity contribution >= 4 is 22.2 Å². The van der Waals surface area contributed by atoms with Crippen LogP contribution in [0.25, 0.3) is 0 Å². The zero-order chi connectivity index (χ0) is 18.0. The number of aryl methyl sites for hydroxylation is 1. The standard InChI is InChI=1S/C19H28N2O4S/c1-15-2-3-18(26-15)21-13-19(25-11-17(21)22)12-20(6-9-24-14-19)10-16-4-7-23-8-5-16/h2-3,16H,4-14H2,1H3/t19-/m1/s1. The number of hydrogen-bond acceptors (Lipinski definition) is 6. The lowest BCUT2D eigenvalue weighted by Gasteiger charge is -2.43. The second-order valence-corrected chi connectivity index (χ2v) is 8.95. The summed E-state index contributed by atoms with van der Waals surface area (Å²) in [5.74, 6) is 0.720. The van der Waals surface area contributed by atoms with E-state index >= 15 is 0 Å². The van der Waals surface area contributed by atoms with Crippen LogP contribution in [0.2, 0.25) is 0 Å². The number of thiophene rings is 1. The quantitative estimate of drug-likeness (QED) is 0.802. The number of carbonyl (C=O) groups excluding carboxylic acids is 1. The molecule has 1 aromatic heterocycles. The lowest BCUT2D eigenvalue weighted by atomic mass is 9.97. The molecular weight excluding hydrogens is 352 g/mol. The van der Waals surface area contributed by atoms with Crippen LogP contribution in [0.3, 0.4) is 0 Å². The number of carbonyl (C=O) groups is 1. The Morgan fingerprint density at radius 2 is 2.04 bits per heavy atom. The normalized spacial score (nSPS) is 29.3. The first-order valence-corrected chi connectivity index (χ1v) is 10.3. The molecule has 1 aromatic rings. The molecule has 1 spiro atoms. The SMILES string of the molecule is Cc1ccc(N2C[C@]3(COCCN(CC4CCOCC4)C3)OCC2=O)s1. The van der Waals surface area contributed by atoms with Crippen molar-refractivity contribution in [2.75, 3.05) is 64.1 Å². The minimum absolute atomic E-state index is 0.0395. The topological polar surface area (TPSA) is 51.2 Å². The van der Waals surface area contributed by atoms with Crippen LogP contribution in [0.5, 0.6) is 0 Å². The number of rotatable bonds is 3. The van der Waals surface area contributed by atoms with E-state index in [9.17, 15) is 4.79 Å². The maximum absolute atomic E-state index is 12.5. The minimum atomic E-state index is -0.437. The van der Waals surface area contributed by atoms with Crippen LogP contribution in [0, 0.1) is 12.8 Å². The van der Waals surface area contributed by atoms with Crippen molar-refractivity contribution < 1.29 is 19.0 Å². The molecule has 26 heavy (non-hydrogen) atoms. The highest BCUT2D eigenvalue weighted by Crippen LogP contribution is 2.32. The van der Waals surface area contributed by atoms with Gasteiger partial charge in [-0.15, -0.1) is 11.3 Å². The summed E-state index contributed by atoms with van der Waals surface area (Å²) in [6.07, 6.45) is 2.26. The number of amides is 1. The third kappa shape index (κ3) is 4.12. The zero-order valence-corrected chi connectivity index (χ0v) is 16.3. The molecule has 1 amide bonds.